The number of benzene rings is 1. The van der Waals surface area contributed by atoms with Crippen LogP contribution in [-0.4, -0.2) is 21.5 Å². The third-order valence-corrected chi connectivity index (χ3v) is 5.21. The highest BCUT2D eigenvalue weighted by Crippen LogP contribution is 2.59. The lowest BCUT2D eigenvalue weighted by Crippen LogP contribution is -2.60. The van der Waals surface area contributed by atoms with Crippen LogP contribution in [0.5, 0.6) is 0 Å². The Labute approximate surface area is 125 Å². The van der Waals surface area contributed by atoms with Gasteiger partial charge in [0, 0.05) is 0 Å². The van der Waals surface area contributed by atoms with Crippen molar-refractivity contribution in [2.24, 2.45) is 0 Å². The Balaban J connectivity index is 2.44. The van der Waals surface area contributed by atoms with E-state index in [0.29, 0.717) is 5.56 Å². The van der Waals surface area contributed by atoms with Crippen LogP contribution in [0.3, 0.4) is 0 Å². The summed E-state index contributed by atoms with van der Waals surface area (Å²) < 4.78 is 53.6. The topological polar surface area (TPSA) is 29.1 Å². The molecule has 2 rings (SSSR count). The smallest absolute Gasteiger partial charge is 0.328 e. The number of halogens is 6. The van der Waals surface area contributed by atoms with Gasteiger partial charge in [-0.2, -0.15) is 17.6 Å². The zero-order valence-electron chi connectivity index (χ0n) is 9.55. The summed E-state index contributed by atoms with van der Waals surface area (Å²) in [5, 5.41) is -8.55. The molecule has 0 radical (unpaired) electrons. The van der Waals surface area contributed by atoms with Crippen LogP contribution in [0.25, 0.3) is 0 Å². The van der Waals surface area contributed by atoms with E-state index in [1.165, 1.54) is 12.1 Å². The fraction of sp³-hybridized carbons (Fsp3) is 0.364. The minimum absolute atomic E-state index is 0.00866. The molecule has 1 aromatic rings. The van der Waals surface area contributed by atoms with Gasteiger partial charge in [0.15, 0.2) is 0 Å². The van der Waals surface area contributed by atoms with Gasteiger partial charge < -0.3 is 5.32 Å². The molecule has 1 unspecified atom stereocenters. The molecule has 1 fully saturated rings. The zero-order valence-corrected chi connectivity index (χ0v) is 11.9. The lowest BCUT2D eigenvalue weighted by Gasteiger charge is -2.35. The van der Waals surface area contributed by atoms with Crippen molar-refractivity contribution in [2.75, 3.05) is 0 Å². The lowest BCUT2D eigenvalue weighted by atomic mass is 10.1. The van der Waals surface area contributed by atoms with E-state index in [0.717, 1.165) is 0 Å². The van der Waals surface area contributed by atoms with Crippen molar-refractivity contribution in [3.63, 3.8) is 0 Å². The predicted octanol–water partition coefficient (Wildman–Crippen LogP) is 3.95. The summed E-state index contributed by atoms with van der Waals surface area (Å²) in [4.78, 5) is 8.37. The molecule has 1 N–H and O–H groups in total. The molecule has 0 saturated carbocycles. The van der Waals surface area contributed by atoms with Crippen molar-refractivity contribution >= 4 is 40.9 Å². The Morgan fingerprint density at radius 1 is 1.10 bits per heavy atom. The first-order valence-corrected chi connectivity index (χ1v) is 6.90. The first kappa shape index (κ1) is 15.7. The second-order valence-electron chi connectivity index (χ2n) is 4.07. The fourth-order valence-corrected chi connectivity index (χ4v) is 3.67. The van der Waals surface area contributed by atoms with Crippen LogP contribution < -0.4 is 5.32 Å². The van der Waals surface area contributed by atoms with Gasteiger partial charge >= 0.3 is 10.8 Å². The standard InChI is InChI=1S/C11H7Cl2F4NOS/c12-10(14,15)9(11(13,16)17)18-8(19)7(20-9)6-4-2-1-3-5-6/h1-5,7H,(H,18,19). The summed E-state index contributed by atoms with van der Waals surface area (Å²) >= 11 is 9.54. The molecule has 1 aliphatic heterocycles. The molecule has 0 spiro atoms. The van der Waals surface area contributed by atoms with Crippen LogP contribution in [0.1, 0.15) is 10.8 Å². The highest BCUT2D eigenvalue weighted by molar-refractivity contribution is 8.02. The molecule has 1 saturated heterocycles. The molecule has 1 heterocycles. The molecular formula is C11H7Cl2F4NOS. The minimum atomic E-state index is -4.43. The van der Waals surface area contributed by atoms with Crippen LogP contribution >= 0.6 is 35.0 Å². The van der Waals surface area contributed by atoms with Crippen LogP contribution in [0, 0.1) is 0 Å². The van der Waals surface area contributed by atoms with E-state index in [2.05, 4.69) is 0 Å². The van der Waals surface area contributed by atoms with E-state index in [9.17, 15) is 22.4 Å². The first-order chi connectivity index (χ1) is 9.08. The fourth-order valence-electron chi connectivity index (χ4n) is 1.78. The highest BCUT2D eigenvalue weighted by Gasteiger charge is 2.73. The number of alkyl halides is 6. The highest BCUT2D eigenvalue weighted by atomic mass is 35.5. The minimum Gasteiger partial charge on any atom is -0.328 e. The van der Waals surface area contributed by atoms with Gasteiger partial charge in [-0.15, -0.1) is 11.8 Å². The van der Waals surface area contributed by atoms with Crippen molar-refractivity contribution in [2.45, 2.75) is 20.9 Å². The third kappa shape index (κ3) is 2.46. The van der Waals surface area contributed by atoms with Crippen LogP contribution in [-0.2, 0) is 4.79 Å². The number of carbonyl (C=O) groups excluding carboxylic acids is 1. The van der Waals surface area contributed by atoms with E-state index in [1.54, 1.807) is 23.5 Å². The maximum absolute atomic E-state index is 13.4. The maximum Gasteiger partial charge on any atom is 0.361 e. The third-order valence-electron chi connectivity index (χ3n) is 2.73. The van der Waals surface area contributed by atoms with Crippen LogP contribution in [0.2, 0.25) is 0 Å². The van der Waals surface area contributed by atoms with Gasteiger partial charge in [0.1, 0.15) is 5.25 Å². The number of carbonyl (C=O) groups is 1. The Hall–Kier alpha value is -0.660. The summed E-state index contributed by atoms with van der Waals surface area (Å²) in [6, 6.07) is 7.68. The van der Waals surface area contributed by atoms with Gasteiger partial charge in [-0.1, -0.05) is 30.3 Å². The molecule has 0 bridgehead atoms. The predicted molar refractivity (Wildman–Crippen MR) is 69.2 cm³/mol. The maximum atomic E-state index is 13.4. The van der Waals surface area contributed by atoms with Crippen molar-refractivity contribution < 1.29 is 22.4 Å². The van der Waals surface area contributed by atoms with Gasteiger partial charge in [-0.3, -0.25) is 4.79 Å². The van der Waals surface area contributed by atoms with E-state index < -0.39 is 26.8 Å². The number of rotatable bonds is 3. The number of nitrogens with one attached hydrogen (secondary N) is 1. The molecule has 20 heavy (non-hydrogen) atoms. The molecule has 1 aliphatic rings. The van der Waals surface area contributed by atoms with Crippen molar-refractivity contribution in [3.8, 4) is 0 Å². The summed E-state index contributed by atoms with van der Waals surface area (Å²) in [5.41, 5.74) is 0.304. The quantitative estimate of drug-likeness (QED) is 0.662. The van der Waals surface area contributed by atoms with Gasteiger partial charge in [0.05, 0.1) is 0 Å². The average molecular weight is 348 g/mol. The molecule has 0 aromatic heterocycles. The van der Waals surface area contributed by atoms with Crippen LogP contribution in [0.15, 0.2) is 30.3 Å². The lowest BCUT2D eigenvalue weighted by molar-refractivity contribution is -0.128. The first-order valence-electron chi connectivity index (χ1n) is 5.27. The van der Waals surface area contributed by atoms with Gasteiger partial charge in [0.25, 0.3) is 0 Å². The largest absolute Gasteiger partial charge is 0.361 e. The molecule has 1 aromatic carbocycles. The SMILES string of the molecule is O=C1NC(C(F)(F)Cl)(C(F)(F)Cl)SC1c1ccccc1. The Morgan fingerprint density at radius 2 is 1.60 bits per heavy atom. The van der Waals surface area contributed by atoms with Crippen molar-refractivity contribution in [1.29, 1.82) is 0 Å². The zero-order chi connectivity index (χ0) is 15.2. The normalized spacial score (nSPS) is 22.7. The molecule has 0 aliphatic carbocycles. The van der Waals surface area contributed by atoms with E-state index >= 15 is 0 Å². The summed E-state index contributed by atoms with van der Waals surface area (Å²) in [5.74, 6) is -0.998. The molecular weight excluding hydrogens is 341 g/mol. The van der Waals surface area contributed by atoms with Crippen molar-refractivity contribution in [3.05, 3.63) is 35.9 Å². The summed E-state index contributed by atoms with van der Waals surface area (Å²) in [6.45, 7) is 0. The van der Waals surface area contributed by atoms with Gasteiger partial charge in [0.2, 0.25) is 10.8 Å². The number of hydrogen-bond donors (Lipinski definition) is 1. The van der Waals surface area contributed by atoms with E-state index in [4.69, 9.17) is 23.2 Å². The van der Waals surface area contributed by atoms with E-state index in [1.807, 2.05) is 0 Å². The van der Waals surface area contributed by atoms with Crippen LogP contribution in [0.4, 0.5) is 17.6 Å². The second-order valence-corrected chi connectivity index (χ2v) is 6.34. The number of thioether (sulfide) groups is 1. The Kier molecular flexibility index (Phi) is 3.90. The van der Waals surface area contributed by atoms with E-state index in [-0.39, 0.29) is 11.8 Å². The number of hydrogen-bond acceptors (Lipinski definition) is 2. The van der Waals surface area contributed by atoms with Gasteiger partial charge in [-0.05, 0) is 28.8 Å². The summed E-state index contributed by atoms with van der Waals surface area (Å²) in [7, 11) is 0. The Morgan fingerprint density at radius 3 is 2.00 bits per heavy atom. The average Bonchev–Trinajstić information content (AvgIpc) is 2.68. The molecule has 1 amide bonds. The monoisotopic (exact) mass is 347 g/mol. The van der Waals surface area contributed by atoms with Crippen molar-refractivity contribution in [1.82, 2.24) is 5.32 Å². The second kappa shape index (κ2) is 4.96. The summed E-state index contributed by atoms with van der Waals surface area (Å²) in [6.07, 6.45) is 0. The molecule has 1 atom stereocenters. The molecule has 9 heteroatoms. The Bertz CT molecular complexity index is 503. The van der Waals surface area contributed by atoms with Gasteiger partial charge in [-0.25, -0.2) is 0 Å². The molecule has 2 nitrogen and oxygen atoms in total. The molecule has 110 valence electrons. The number of amides is 1.